The molecule has 1 N–H and O–H groups in total. The zero-order valence-electron chi connectivity index (χ0n) is 11.4. The first-order chi connectivity index (χ1) is 8.89. The number of aliphatic imine (C=N–C) groups is 1. The van der Waals surface area contributed by atoms with E-state index in [0.29, 0.717) is 5.69 Å². The average molecular weight is 281 g/mol. The minimum absolute atomic E-state index is 0.101. The molecule has 1 rings (SSSR count). The van der Waals surface area contributed by atoms with E-state index in [1.165, 1.54) is 6.08 Å². The van der Waals surface area contributed by atoms with Gasteiger partial charge in [0.2, 0.25) is 10.0 Å². The molecule has 1 aromatic carbocycles. The van der Waals surface area contributed by atoms with E-state index >= 15 is 0 Å². The molecule has 5 nitrogen and oxygen atoms in total. The van der Waals surface area contributed by atoms with Crippen LogP contribution in [0.25, 0.3) is 0 Å². The number of benzene rings is 1. The van der Waals surface area contributed by atoms with Crippen molar-refractivity contribution in [1.29, 1.82) is 0 Å². The van der Waals surface area contributed by atoms with Gasteiger partial charge >= 0.3 is 0 Å². The second kappa shape index (κ2) is 6.38. The Morgan fingerprint density at radius 2 is 2.00 bits per heavy atom. The van der Waals surface area contributed by atoms with Crippen molar-refractivity contribution in [3.05, 3.63) is 36.9 Å². The third-order valence-corrected chi connectivity index (χ3v) is 3.90. The minimum atomic E-state index is -3.34. The number of anilines is 2. The SMILES string of the molecule is C=CCS(=O)(=O)Nc1ccc(N(C)C(C)=NC)cc1. The normalized spacial score (nSPS) is 12.1. The zero-order valence-corrected chi connectivity index (χ0v) is 12.2. The van der Waals surface area contributed by atoms with Crippen LogP contribution in [0.3, 0.4) is 0 Å². The van der Waals surface area contributed by atoms with Gasteiger partial charge in [-0.25, -0.2) is 8.42 Å². The molecule has 19 heavy (non-hydrogen) atoms. The number of sulfonamides is 1. The smallest absolute Gasteiger partial charge is 0.236 e. The lowest BCUT2D eigenvalue weighted by atomic mass is 10.2. The molecule has 0 spiro atoms. The molecule has 104 valence electrons. The van der Waals surface area contributed by atoms with E-state index < -0.39 is 10.0 Å². The monoisotopic (exact) mass is 281 g/mol. The van der Waals surface area contributed by atoms with Crippen molar-refractivity contribution >= 4 is 27.2 Å². The molecular formula is C13H19N3O2S. The predicted molar refractivity (Wildman–Crippen MR) is 81.5 cm³/mol. The summed E-state index contributed by atoms with van der Waals surface area (Å²) in [4.78, 5) is 6.01. The molecule has 0 saturated carbocycles. The fraction of sp³-hybridized carbons (Fsp3) is 0.308. The maximum Gasteiger partial charge on any atom is 0.236 e. The van der Waals surface area contributed by atoms with Crippen molar-refractivity contribution in [2.75, 3.05) is 29.5 Å². The Morgan fingerprint density at radius 1 is 1.42 bits per heavy atom. The third kappa shape index (κ3) is 4.40. The number of nitrogens with one attached hydrogen (secondary N) is 1. The van der Waals surface area contributed by atoms with Crippen LogP contribution in [0.2, 0.25) is 0 Å². The van der Waals surface area contributed by atoms with Gasteiger partial charge in [-0.3, -0.25) is 9.71 Å². The van der Waals surface area contributed by atoms with Gasteiger partial charge in [-0.05, 0) is 31.2 Å². The van der Waals surface area contributed by atoms with Crippen LogP contribution in [0, 0.1) is 0 Å². The number of amidine groups is 1. The summed E-state index contributed by atoms with van der Waals surface area (Å²) < 4.78 is 25.6. The number of rotatable bonds is 5. The van der Waals surface area contributed by atoms with Crippen LogP contribution < -0.4 is 9.62 Å². The van der Waals surface area contributed by atoms with Crippen LogP contribution in [0.5, 0.6) is 0 Å². The van der Waals surface area contributed by atoms with E-state index in [0.717, 1.165) is 11.5 Å². The van der Waals surface area contributed by atoms with Crippen molar-refractivity contribution in [2.45, 2.75) is 6.92 Å². The Hall–Kier alpha value is -1.82. The second-order valence-electron chi connectivity index (χ2n) is 4.05. The zero-order chi connectivity index (χ0) is 14.5. The van der Waals surface area contributed by atoms with Crippen LogP contribution in [0.4, 0.5) is 11.4 Å². The summed E-state index contributed by atoms with van der Waals surface area (Å²) in [5.74, 6) is 0.774. The first-order valence-corrected chi connectivity index (χ1v) is 7.43. The van der Waals surface area contributed by atoms with E-state index in [9.17, 15) is 8.42 Å². The summed E-state index contributed by atoms with van der Waals surface area (Å²) in [6.45, 7) is 5.32. The van der Waals surface area contributed by atoms with Crippen LogP contribution in [0.15, 0.2) is 41.9 Å². The molecule has 0 amide bonds. The van der Waals surface area contributed by atoms with Crippen molar-refractivity contribution < 1.29 is 8.42 Å². The summed E-state index contributed by atoms with van der Waals surface area (Å²) in [6, 6.07) is 7.10. The number of hydrogen-bond acceptors (Lipinski definition) is 3. The molecule has 6 heteroatoms. The molecule has 0 heterocycles. The van der Waals surface area contributed by atoms with Crippen LogP contribution in [-0.4, -0.2) is 34.1 Å². The second-order valence-corrected chi connectivity index (χ2v) is 5.82. The molecule has 1 aromatic rings. The number of hydrogen-bond donors (Lipinski definition) is 1. The molecule has 0 atom stereocenters. The quantitative estimate of drug-likeness (QED) is 0.511. The Kier molecular flexibility index (Phi) is 5.11. The van der Waals surface area contributed by atoms with E-state index in [2.05, 4.69) is 16.3 Å². The first-order valence-electron chi connectivity index (χ1n) is 5.78. The van der Waals surface area contributed by atoms with Crippen molar-refractivity contribution in [2.24, 2.45) is 4.99 Å². The Bertz CT molecular complexity index is 562. The molecule has 0 saturated heterocycles. The fourth-order valence-corrected chi connectivity index (χ4v) is 2.36. The van der Waals surface area contributed by atoms with E-state index in [1.54, 1.807) is 19.2 Å². The maximum absolute atomic E-state index is 11.6. The summed E-state index contributed by atoms with van der Waals surface area (Å²) >= 11 is 0. The molecule has 0 aliphatic heterocycles. The van der Waals surface area contributed by atoms with E-state index in [-0.39, 0.29) is 5.75 Å². The molecule has 0 fully saturated rings. The van der Waals surface area contributed by atoms with Gasteiger partial charge in [-0.2, -0.15) is 0 Å². The standard InChI is InChI=1S/C13H19N3O2S/c1-5-10-19(17,18)15-12-6-8-13(9-7-12)16(4)11(2)14-3/h5-9,15H,1,10H2,2-4H3. The summed E-state index contributed by atoms with van der Waals surface area (Å²) in [5, 5.41) is 0. The summed E-state index contributed by atoms with van der Waals surface area (Å²) in [6.07, 6.45) is 1.35. The highest BCUT2D eigenvalue weighted by molar-refractivity contribution is 7.92. The lowest BCUT2D eigenvalue weighted by Crippen LogP contribution is -2.23. The molecule has 0 bridgehead atoms. The summed E-state index contributed by atoms with van der Waals surface area (Å²) in [7, 11) is 0.284. The topological polar surface area (TPSA) is 61.8 Å². The van der Waals surface area contributed by atoms with Gasteiger partial charge in [-0.15, -0.1) is 6.58 Å². The highest BCUT2D eigenvalue weighted by Crippen LogP contribution is 2.18. The number of nitrogens with zero attached hydrogens (tertiary/aromatic N) is 2. The highest BCUT2D eigenvalue weighted by atomic mass is 32.2. The highest BCUT2D eigenvalue weighted by Gasteiger charge is 2.08. The Labute approximate surface area is 114 Å². The van der Waals surface area contributed by atoms with Gasteiger partial charge in [0.25, 0.3) is 0 Å². The average Bonchev–Trinajstić information content (AvgIpc) is 2.37. The van der Waals surface area contributed by atoms with Crippen LogP contribution in [0.1, 0.15) is 6.92 Å². The fourth-order valence-electron chi connectivity index (χ4n) is 1.47. The van der Waals surface area contributed by atoms with Crippen molar-refractivity contribution in [3.8, 4) is 0 Å². The molecule has 0 aliphatic rings. The lowest BCUT2D eigenvalue weighted by Gasteiger charge is -2.18. The molecule has 0 radical (unpaired) electrons. The maximum atomic E-state index is 11.6. The van der Waals surface area contributed by atoms with Gasteiger partial charge in [-0.1, -0.05) is 6.08 Å². The van der Waals surface area contributed by atoms with Gasteiger partial charge < -0.3 is 4.90 Å². The summed E-state index contributed by atoms with van der Waals surface area (Å²) in [5.41, 5.74) is 1.47. The van der Waals surface area contributed by atoms with E-state index in [1.807, 2.05) is 31.0 Å². The first kappa shape index (κ1) is 15.2. The predicted octanol–water partition coefficient (Wildman–Crippen LogP) is 2.10. The molecule has 0 aromatic heterocycles. The molecule has 0 unspecified atom stereocenters. The van der Waals surface area contributed by atoms with E-state index in [4.69, 9.17) is 0 Å². The van der Waals surface area contributed by atoms with Gasteiger partial charge in [0.15, 0.2) is 0 Å². The third-order valence-electron chi connectivity index (χ3n) is 2.67. The minimum Gasteiger partial charge on any atom is -0.334 e. The van der Waals surface area contributed by atoms with Gasteiger partial charge in [0.05, 0.1) is 11.6 Å². The van der Waals surface area contributed by atoms with Crippen LogP contribution in [-0.2, 0) is 10.0 Å². The Morgan fingerprint density at radius 3 is 2.47 bits per heavy atom. The van der Waals surface area contributed by atoms with Crippen LogP contribution >= 0.6 is 0 Å². The van der Waals surface area contributed by atoms with Crippen molar-refractivity contribution in [1.82, 2.24) is 0 Å². The largest absolute Gasteiger partial charge is 0.334 e. The van der Waals surface area contributed by atoms with Crippen molar-refractivity contribution in [3.63, 3.8) is 0 Å². The molecular weight excluding hydrogens is 262 g/mol. The van der Waals surface area contributed by atoms with Gasteiger partial charge in [0.1, 0.15) is 0 Å². The Balaban J connectivity index is 2.86. The lowest BCUT2D eigenvalue weighted by molar-refractivity contribution is 0.604. The van der Waals surface area contributed by atoms with Gasteiger partial charge in [0, 0.05) is 25.5 Å². The molecule has 0 aliphatic carbocycles.